The fourth-order valence-electron chi connectivity index (χ4n) is 2.78. The standard InChI is InChI=1S/C21H21F3O5S/c1-13-8-18(16(25)9-17(13)28-10-19(26)27)30-12-20(6-7-20)11-29-15-4-2-14(3-5-15)21(22,23)24/h2-5,8-9,25H,6-7,10-12H2,1H3,(H,26,27). The molecular weight excluding hydrogens is 421 g/mol. The van der Waals surface area contributed by atoms with Gasteiger partial charge in [0.25, 0.3) is 0 Å². The first-order chi connectivity index (χ1) is 14.1. The van der Waals surface area contributed by atoms with Crippen molar-refractivity contribution in [2.24, 2.45) is 5.41 Å². The van der Waals surface area contributed by atoms with E-state index in [2.05, 4.69) is 0 Å². The summed E-state index contributed by atoms with van der Waals surface area (Å²) < 4.78 is 48.7. The first-order valence-corrected chi connectivity index (χ1v) is 10.2. The van der Waals surface area contributed by atoms with Gasteiger partial charge in [-0.2, -0.15) is 13.2 Å². The molecule has 0 aromatic heterocycles. The van der Waals surface area contributed by atoms with Crippen LogP contribution in [-0.4, -0.2) is 35.1 Å². The van der Waals surface area contributed by atoms with Crippen molar-refractivity contribution in [1.29, 1.82) is 0 Å². The highest BCUT2D eigenvalue weighted by molar-refractivity contribution is 7.99. The van der Waals surface area contributed by atoms with E-state index in [1.165, 1.54) is 30.0 Å². The van der Waals surface area contributed by atoms with E-state index in [1.54, 1.807) is 13.0 Å². The van der Waals surface area contributed by atoms with E-state index in [9.17, 15) is 23.1 Å². The van der Waals surface area contributed by atoms with Crippen molar-refractivity contribution in [2.75, 3.05) is 19.0 Å². The fraction of sp³-hybridized carbons (Fsp3) is 0.381. The summed E-state index contributed by atoms with van der Waals surface area (Å²) in [7, 11) is 0. The van der Waals surface area contributed by atoms with Crippen molar-refractivity contribution in [1.82, 2.24) is 0 Å². The summed E-state index contributed by atoms with van der Waals surface area (Å²) in [5.41, 5.74) is -0.0952. The molecule has 0 saturated heterocycles. The van der Waals surface area contributed by atoms with E-state index in [0.717, 1.165) is 25.0 Å². The molecular formula is C21H21F3O5S. The third-order valence-corrected chi connectivity index (χ3v) is 6.22. The van der Waals surface area contributed by atoms with Crippen molar-refractivity contribution in [3.8, 4) is 17.2 Å². The van der Waals surface area contributed by atoms with Crippen LogP contribution in [0.4, 0.5) is 13.2 Å². The first kappa shape index (κ1) is 22.1. The zero-order valence-electron chi connectivity index (χ0n) is 16.2. The lowest BCUT2D eigenvalue weighted by Gasteiger charge is -2.17. The third kappa shape index (κ3) is 5.75. The molecule has 9 heteroatoms. The number of aromatic hydroxyl groups is 1. The Labute approximate surface area is 175 Å². The van der Waals surface area contributed by atoms with Gasteiger partial charge in [-0.1, -0.05) is 0 Å². The Kier molecular flexibility index (Phi) is 6.40. The smallest absolute Gasteiger partial charge is 0.416 e. The molecule has 2 aromatic rings. The van der Waals surface area contributed by atoms with Crippen LogP contribution in [0.3, 0.4) is 0 Å². The number of aliphatic carboxylic acids is 1. The van der Waals surface area contributed by atoms with Gasteiger partial charge >= 0.3 is 12.1 Å². The predicted molar refractivity (Wildman–Crippen MR) is 105 cm³/mol. The number of carboxylic acids is 1. The van der Waals surface area contributed by atoms with E-state index < -0.39 is 24.3 Å². The molecule has 1 saturated carbocycles. The van der Waals surface area contributed by atoms with Gasteiger partial charge in [-0.3, -0.25) is 0 Å². The van der Waals surface area contributed by atoms with Gasteiger partial charge in [0.2, 0.25) is 0 Å². The van der Waals surface area contributed by atoms with Gasteiger partial charge < -0.3 is 19.7 Å². The van der Waals surface area contributed by atoms with Crippen LogP contribution in [0.1, 0.15) is 24.0 Å². The van der Waals surface area contributed by atoms with E-state index in [0.29, 0.717) is 34.3 Å². The highest BCUT2D eigenvalue weighted by Gasteiger charge is 2.43. The number of benzene rings is 2. The molecule has 1 aliphatic carbocycles. The zero-order valence-corrected chi connectivity index (χ0v) is 17.0. The van der Waals surface area contributed by atoms with Crippen molar-refractivity contribution in [3.63, 3.8) is 0 Å². The van der Waals surface area contributed by atoms with Crippen molar-refractivity contribution in [2.45, 2.75) is 30.8 Å². The SMILES string of the molecule is Cc1cc(SCC2(COc3ccc(C(F)(F)F)cc3)CC2)c(O)cc1OCC(=O)O. The summed E-state index contributed by atoms with van der Waals surface area (Å²) in [5.74, 6) is 0.279. The van der Waals surface area contributed by atoms with Gasteiger partial charge in [0.15, 0.2) is 6.61 Å². The first-order valence-electron chi connectivity index (χ1n) is 9.19. The van der Waals surface area contributed by atoms with E-state index in [1.807, 2.05) is 0 Å². The quantitative estimate of drug-likeness (QED) is 0.524. The van der Waals surface area contributed by atoms with E-state index in [4.69, 9.17) is 14.6 Å². The average molecular weight is 442 g/mol. The largest absolute Gasteiger partial charge is 0.507 e. The third-order valence-electron chi connectivity index (χ3n) is 4.83. The van der Waals surface area contributed by atoms with Crippen molar-refractivity contribution >= 4 is 17.7 Å². The van der Waals surface area contributed by atoms with Crippen LogP contribution < -0.4 is 9.47 Å². The topological polar surface area (TPSA) is 76.0 Å². The molecule has 162 valence electrons. The number of halogens is 3. The highest BCUT2D eigenvalue weighted by atomic mass is 32.2. The lowest BCUT2D eigenvalue weighted by Crippen LogP contribution is -2.16. The van der Waals surface area contributed by atoms with E-state index >= 15 is 0 Å². The molecule has 0 amide bonds. The van der Waals surface area contributed by atoms with Crippen LogP contribution in [0.25, 0.3) is 0 Å². The number of carboxylic acid groups (broad SMARTS) is 1. The minimum atomic E-state index is -4.37. The van der Waals surface area contributed by atoms with Crippen LogP contribution >= 0.6 is 11.8 Å². The number of aryl methyl sites for hydroxylation is 1. The molecule has 0 heterocycles. The lowest BCUT2D eigenvalue weighted by molar-refractivity contribution is -0.139. The van der Waals surface area contributed by atoms with Gasteiger partial charge in [-0.15, -0.1) is 11.8 Å². The Morgan fingerprint density at radius 2 is 1.83 bits per heavy atom. The van der Waals surface area contributed by atoms with Gasteiger partial charge in [-0.05, 0) is 55.7 Å². The van der Waals surface area contributed by atoms with Crippen LogP contribution in [0, 0.1) is 12.3 Å². The van der Waals surface area contributed by atoms with Crippen LogP contribution in [0.15, 0.2) is 41.3 Å². The molecule has 5 nitrogen and oxygen atoms in total. The average Bonchev–Trinajstić information content (AvgIpc) is 3.45. The van der Waals surface area contributed by atoms with Gasteiger partial charge in [0, 0.05) is 22.1 Å². The predicted octanol–water partition coefficient (Wildman–Crippen LogP) is 5.13. The second-order valence-electron chi connectivity index (χ2n) is 7.37. The molecule has 1 fully saturated rings. The molecule has 0 spiro atoms. The Morgan fingerprint density at radius 3 is 2.40 bits per heavy atom. The maximum absolute atomic E-state index is 12.6. The van der Waals surface area contributed by atoms with Gasteiger partial charge in [0.05, 0.1) is 12.2 Å². The van der Waals surface area contributed by atoms with Crippen LogP contribution in [0.2, 0.25) is 0 Å². The maximum atomic E-state index is 12.6. The summed E-state index contributed by atoms with van der Waals surface area (Å²) >= 11 is 1.45. The molecule has 3 rings (SSSR count). The zero-order chi connectivity index (χ0) is 21.9. The molecule has 0 radical (unpaired) electrons. The number of ether oxygens (including phenoxy) is 2. The summed E-state index contributed by atoms with van der Waals surface area (Å²) in [4.78, 5) is 11.3. The van der Waals surface area contributed by atoms with Crippen molar-refractivity contribution in [3.05, 3.63) is 47.5 Å². The molecule has 30 heavy (non-hydrogen) atoms. The molecule has 0 bridgehead atoms. The maximum Gasteiger partial charge on any atom is 0.416 e. The Hall–Kier alpha value is -2.55. The number of hydrogen-bond acceptors (Lipinski definition) is 5. The normalized spacial score (nSPS) is 14.9. The summed E-state index contributed by atoms with van der Waals surface area (Å²) in [6.07, 6.45) is -2.51. The fourth-order valence-corrected chi connectivity index (χ4v) is 4.08. The van der Waals surface area contributed by atoms with Gasteiger partial charge in [-0.25, -0.2) is 4.79 Å². The monoisotopic (exact) mass is 442 g/mol. The number of rotatable bonds is 9. The Balaban J connectivity index is 1.55. The molecule has 2 N–H and O–H groups in total. The molecule has 0 atom stereocenters. The summed E-state index contributed by atoms with van der Waals surface area (Å²) in [5, 5.41) is 18.9. The number of alkyl halides is 3. The number of hydrogen-bond donors (Lipinski definition) is 2. The Bertz CT molecular complexity index is 908. The van der Waals surface area contributed by atoms with E-state index in [-0.39, 0.29) is 11.2 Å². The summed E-state index contributed by atoms with van der Waals surface area (Å²) in [6, 6.07) is 7.77. The number of phenolic OH excluding ortho intramolecular Hbond substituents is 1. The Morgan fingerprint density at radius 1 is 1.17 bits per heavy atom. The number of phenols is 1. The molecule has 2 aromatic carbocycles. The summed E-state index contributed by atoms with van der Waals surface area (Å²) in [6.45, 7) is 1.66. The minimum Gasteiger partial charge on any atom is -0.507 e. The number of carbonyl (C=O) groups is 1. The second-order valence-corrected chi connectivity index (χ2v) is 8.38. The van der Waals surface area contributed by atoms with Gasteiger partial charge in [0.1, 0.15) is 17.2 Å². The molecule has 0 unspecified atom stereocenters. The molecule has 0 aliphatic heterocycles. The van der Waals surface area contributed by atoms with Crippen LogP contribution in [0.5, 0.6) is 17.2 Å². The lowest BCUT2D eigenvalue weighted by atomic mass is 10.1. The highest BCUT2D eigenvalue weighted by Crippen LogP contribution is 2.50. The minimum absolute atomic E-state index is 0.00504. The molecule has 1 aliphatic rings. The van der Waals surface area contributed by atoms with Crippen LogP contribution in [-0.2, 0) is 11.0 Å². The number of thioether (sulfide) groups is 1. The van der Waals surface area contributed by atoms with Crippen molar-refractivity contribution < 1.29 is 37.7 Å². The second kappa shape index (κ2) is 8.67.